The van der Waals surface area contributed by atoms with Gasteiger partial charge in [-0.3, -0.25) is 10.1 Å². The zero-order chi connectivity index (χ0) is 21.0. The van der Waals surface area contributed by atoms with Gasteiger partial charge in [0.05, 0.1) is 9.40 Å². The van der Waals surface area contributed by atoms with E-state index in [0.717, 1.165) is 6.20 Å². The molecule has 0 atom stereocenters. The van der Waals surface area contributed by atoms with Gasteiger partial charge in [0.1, 0.15) is 5.82 Å². The molecule has 2 aromatic rings. The number of nitro groups is 1. The smallest absolute Gasteiger partial charge is 0.274 e. The monoisotopic (exact) mass is 487 g/mol. The molecule has 0 saturated carbocycles. The van der Waals surface area contributed by atoms with Crippen LogP contribution >= 0.6 is 27.7 Å². The maximum Gasteiger partial charge on any atom is 0.274 e. The predicted molar refractivity (Wildman–Crippen MR) is 106 cm³/mol. The molecule has 1 aromatic carbocycles. The number of oxime groups is 1. The van der Waals surface area contributed by atoms with Crippen molar-refractivity contribution in [3.63, 3.8) is 0 Å². The van der Waals surface area contributed by atoms with E-state index in [4.69, 9.17) is 4.63 Å². The Morgan fingerprint density at radius 2 is 2.31 bits per heavy atom. The van der Waals surface area contributed by atoms with Crippen LogP contribution in [-0.2, 0) is 0 Å². The summed E-state index contributed by atoms with van der Waals surface area (Å²) in [6, 6.07) is 4.20. The van der Waals surface area contributed by atoms with E-state index in [2.05, 4.69) is 42.0 Å². The summed E-state index contributed by atoms with van der Waals surface area (Å²) in [5, 5.41) is 36.9. The fourth-order valence-corrected chi connectivity index (χ4v) is 4.04. The van der Waals surface area contributed by atoms with Gasteiger partial charge < -0.3 is 20.7 Å². The van der Waals surface area contributed by atoms with Gasteiger partial charge in [0, 0.05) is 31.1 Å². The Balaban J connectivity index is 1.66. The van der Waals surface area contributed by atoms with Crippen LogP contribution in [-0.4, -0.2) is 56.6 Å². The third-order valence-corrected chi connectivity index (χ3v) is 5.65. The number of hydrogen-bond donors (Lipinski definition) is 3. The summed E-state index contributed by atoms with van der Waals surface area (Å²) < 4.78 is 18.4. The first-order valence-electron chi connectivity index (χ1n) is 8.13. The van der Waals surface area contributed by atoms with Crippen molar-refractivity contribution in [2.75, 3.05) is 25.5 Å². The zero-order valence-electron chi connectivity index (χ0n) is 14.9. The SMILES string of the molecule is CNC(=C[N+](=O)[O-])N1CC(Sc2nonc2C(=NO)Nc2ccc(F)c(Br)c2)C1. The molecular weight excluding hydrogens is 473 g/mol. The topological polar surface area (TPSA) is 142 Å². The number of hydrogen-bond acceptors (Lipinski definition) is 10. The van der Waals surface area contributed by atoms with Crippen LogP contribution in [0.4, 0.5) is 10.1 Å². The molecular formula is C15H15BrFN7O4S. The molecule has 11 nitrogen and oxygen atoms in total. The molecule has 0 unspecified atom stereocenters. The number of anilines is 1. The van der Waals surface area contributed by atoms with Gasteiger partial charge in [-0.25, -0.2) is 9.02 Å². The average Bonchev–Trinajstić information content (AvgIpc) is 3.11. The Morgan fingerprint density at radius 3 is 2.93 bits per heavy atom. The van der Waals surface area contributed by atoms with Gasteiger partial charge in [0.25, 0.3) is 6.20 Å². The van der Waals surface area contributed by atoms with Crippen LogP contribution in [0.25, 0.3) is 0 Å². The Kier molecular flexibility index (Phi) is 6.53. The van der Waals surface area contributed by atoms with Crippen LogP contribution in [0, 0.1) is 15.9 Å². The highest BCUT2D eigenvalue weighted by Crippen LogP contribution is 2.32. The summed E-state index contributed by atoms with van der Waals surface area (Å²) in [7, 11) is 1.61. The quantitative estimate of drug-likeness (QED) is 0.175. The van der Waals surface area contributed by atoms with Crippen LogP contribution in [0.15, 0.2) is 49.5 Å². The maximum atomic E-state index is 13.4. The van der Waals surface area contributed by atoms with Crippen LogP contribution in [0.2, 0.25) is 0 Å². The van der Waals surface area contributed by atoms with E-state index < -0.39 is 10.7 Å². The Morgan fingerprint density at radius 1 is 1.55 bits per heavy atom. The zero-order valence-corrected chi connectivity index (χ0v) is 17.3. The van der Waals surface area contributed by atoms with E-state index in [-0.39, 0.29) is 21.3 Å². The lowest BCUT2D eigenvalue weighted by Crippen LogP contribution is -2.50. The maximum absolute atomic E-state index is 13.4. The molecule has 0 bridgehead atoms. The minimum Gasteiger partial charge on any atom is -0.409 e. The minimum absolute atomic E-state index is 0.0207. The molecule has 14 heteroatoms. The summed E-state index contributed by atoms with van der Waals surface area (Å²) >= 11 is 4.42. The molecule has 0 radical (unpaired) electrons. The third-order valence-electron chi connectivity index (χ3n) is 3.92. The molecule has 29 heavy (non-hydrogen) atoms. The lowest BCUT2D eigenvalue weighted by atomic mass is 10.2. The Hall–Kier alpha value is -2.87. The van der Waals surface area contributed by atoms with Crippen molar-refractivity contribution in [1.82, 2.24) is 20.5 Å². The lowest BCUT2D eigenvalue weighted by molar-refractivity contribution is -0.404. The molecule has 1 aliphatic heterocycles. The highest BCUT2D eigenvalue weighted by molar-refractivity contribution is 9.10. The minimum atomic E-state index is -0.518. The fourth-order valence-electron chi connectivity index (χ4n) is 2.52. The second-order valence-corrected chi connectivity index (χ2v) is 7.96. The third kappa shape index (κ3) is 4.95. The fraction of sp³-hybridized carbons (Fsp3) is 0.267. The lowest BCUT2D eigenvalue weighted by Gasteiger charge is -2.40. The van der Waals surface area contributed by atoms with Crippen LogP contribution in [0.3, 0.4) is 0 Å². The first-order chi connectivity index (χ1) is 13.9. The molecule has 154 valence electrons. The molecule has 0 amide bonds. The number of nitrogens with one attached hydrogen (secondary N) is 2. The summed E-state index contributed by atoms with van der Waals surface area (Å²) in [5.41, 5.74) is 0.648. The van der Waals surface area contributed by atoms with E-state index in [1.54, 1.807) is 7.05 Å². The molecule has 3 N–H and O–H groups in total. The molecule has 2 heterocycles. The largest absolute Gasteiger partial charge is 0.409 e. The summed E-state index contributed by atoms with van der Waals surface area (Å²) in [5.74, 6) is -0.0434. The van der Waals surface area contributed by atoms with Crippen molar-refractivity contribution >= 4 is 39.2 Å². The summed E-state index contributed by atoms with van der Waals surface area (Å²) in [6.07, 6.45) is 0.908. The molecule has 1 saturated heterocycles. The number of halogens is 2. The molecule has 0 aliphatic carbocycles. The van der Waals surface area contributed by atoms with Gasteiger partial charge in [-0.2, -0.15) is 0 Å². The first-order valence-corrected chi connectivity index (χ1v) is 9.80. The standard InChI is InChI=1S/C15H15BrFN7O4S/c1-18-12(7-24(26)27)23-5-9(6-23)29-15-13(21-28-22-15)14(20-25)19-8-2-3-11(17)10(16)4-8/h2-4,7,9,18,25H,5-6H2,1H3,(H,19,20). The van der Waals surface area contributed by atoms with E-state index >= 15 is 0 Å². The van der Waals surface area contributed by atoms with Gasteiger partial charge in [-0.1, -0.05) is 16.9 Å². The van der Waals surface area contributed by atoms with E-state index in [1.807, 2.05) is 4.90 Å². The Labute approximate surface area is 176 Å². The first kappa shape index (κ1) is 20.9. The van der Waals surface area contributed by atoms with Crippen molar-refractivity contribution in [2.45, 2.75) is 10.3 Å². The Bertz CT molecular complexity index is 964. The van der Waals surface area contributed by atoms with Gasteiger partial charge in [-0.05, 0) is 44.4 Å². The van der Waals surface area contributed by atoms with E-state index in [9.17, 15) is 19.7 Å². The number of rotatable bonds is 7. The number of nitrogens with zero attached hydrogens (tertiary/aromatic N) is 5. The van der Waals surface area contributed by atoms with E-state index in [0.29, 0.717) is 29.6 Å². The van der Waals surface area contributed by atoms with E-state index in [1.165, 1.54) is 30.0 Å². The van der Waals surface area contributed by atoms with Crippen molar-refractivity contribution in [3.05, 3.63) is 56.3 Å². The molecule has 0 spiro atoms. The number of amidine groups is 1. The van der Waals surface area contributed by atoms with Crippen molar-refractivity contribution in [1.29, 1.82) is 0 Å². The predicted octanol–water partition coefficient (Wildman–Crippen LogP) is 2.29. The number of aromatic nitrogens is 2. The number of likely N-dealkylation sites (tertiary alicyclic amines) is 1. The van der Waals surface area contributed by atoms with Gasteiger partial charge in [-0.15, -0.1) is 0 Å². The highest BCUT2D eigenvalue weighted by atomic mass is 79.9. The molecule has 1 aromatic heterocycles. The highest BCUT2D eigenvalue weighted by Gasteiger charge is 2.33. The summed E-state index contributed by atoms with van der Waals surface area (Å²) in [6.45, 7) is 1.09. The van der Waals surface area contributed by atoms with Crippen molar-refractivity contribution in [2.24, 2.45) is 5.16 Å². The molecule has 3 rings (SSSR count). The molecule has 1 fully saturated rings. The van der Waals surface area contributed by atoms with Crippen LogP contribution in [0.5, 0.6) is 0 Å². The van der Waals surface area contributed by atoms with Gasteiger partial charge in [0.2, 0.25) is 5.84 Å². The van der Waals surface area contributed by atoms with Crippen LogP contribution < -0.4 is 10.6 Å². The van der Waals surface area contributed by atoms with Crippen molar-refractivity contribution < 1.29 is 19.2 Å². The molecule has 1 aliphatic rings. The number of benzene rings is 1. The second-order valence-electron chi connectivity index (χ2n) is 5.82. The van der Waals surface area contributed by atoms with Gasteiger partial charge >= 0.3 is 0 Å². The van der Waals surface area contributed by atoms with Crippen LogP contribution in [0.1, 0.15) is 5.69 Å². The van der Waals surface area contributed by atoms with Gasteiger partial charge in [0.15, 0.2) is 16.5 Å². The van der Waals surface area contributed by atoms with Crippen molar-refractivity contribution in [3.8, 4) is 0 Å². The summed E-state index contributed by atoms with van der Waals surface area (Å²) in [4.78, 5) is 11.9. The average molecular weight is 488 g/mol. The number of thioether (sulfide) groups is 1. The normalized spacial score (nSPS) is 15.2. The second kappa shape index (κ2) is 9.09.